The van der Waals surface area contributed by atoms with Gasteiger partial charge in [0.2, 0.25) is 0 Å². The first-order valence-electron chi connectivity index (χ1n) is 11.9. The fourth-order valence-electron chi connectivity index (χ4n) is 5.13. The van der Waals surface area contributed by atoms with Gasteiger partial charge in [-0.1, -0.05) is 6.07 Å². The van der Waals surface area contributed by atoms with Gasteiger partial charge in [0.25, 0.3) is 5.91 Å². The minimum Gasteiger partial charge on any atom is -0.393 e. The zero-order chi connectivity index (χ0) is 24.4. The molecular formula is C27H34FN5O. The third-order valence-electron chi connectivity index (χ3n) is 7.23. The third kappa shape index (κ3) is 4.85. The molecule has 2 aliphatic rings. The highest BCUT2D eigenvalue weighted by atomic mass is 19.1. The van der Waals surface area contributed by atoms with Crippen molar-refractivity contribution in [3.05, 3.63) is 70.7 Å². The minimum atomic E-state index is -0.402. The van der Waals surface area contributed by atoms with Crippen LogP contribution in [0.1, 0.15) is 52.9 Å². The number of fused-ring (bicyclic) bond motifs is 2. The molecule has 2 saturated heterocycles. The van der Waals surface area contributed by atoms with E-state index in [4.69, 9.17) is 5.41 Å². The van der Waals surface area contributed by atoms with Crippen LogP contribution in [0, 0.1) is 18.2 Å². The molecule has 3 N–H and O–H groups in total. The first kappa shape index (κ1) is 24.0. The van der Waals surface area contributed by atoms with Crippen LogP contribution in [0.25, 0.3) is 5.57 Å². The monoisotopic (exact) mass is 463 g/mol. The first-order chi connectivity index (χ1) is 16.3. The number of amides is 1. The van der Waals surface area contributed by atoms with E-state index in [1.807, 2.05) is 32.0 Å². The van der Waals surface area contributed by atoms with Gasteiger partial charge in [-0.05, 0) is 80.8 Å². The van der Waals surface area contributed by atoms with Crippen molar-refractivity contribution in [2.75, 3.05) is 32.1 Å². The van der Waals surface area contributed by atoms with E-state index in [1.165, 1.54) is 31.2 Å². The maximum Gasteiger partial charge on any atom is 0.252 e. The van der Waals surface area contributed by atoms with Crippen LogP contribution in [-0.2, 0) is 0 Å². The summed E-state index contributed by atoms with van der Waals surface area (Å²) in [6.45, 7) is 5.75. The van der Waals surface area contributed by atoms with Crippen molar-refractivity contribution >= 4 is 23.4 Å². The van der Waals surface area contributed by atoms with E-state index >= 15 is 0 Å². The summed E-state index contributed by atoms with van der Waals surface area (Å²) in [6.07, 6.45) is 5.28. The summed E-state index contributed by atoms with van der Waals surface area (Å²) in [7, 11) is 3.95. The molecule has 2 heterocycles. The van der Waals surface area contributed by atoms with Gasteiger partial charge in [0, 0.05) is 61.5 Å². The lowest BCUT2D eigenvalue weighted by Crippen LogP contribution is -2.52. The Bertz CT molecular complexity index is 1100. The summed E-state index contributed by atoms with van der Waals surface area (Å²) in [5.41, 5.74) is 4.43. The van der Waals surface area contributed by atoms with E-state index in [2.05, 4.69) is 33.5 Å². The fraction of sp³-hybridized carbons (Fsp3) is 0.407. The number of halogens is 1. The van der Waals surface area contributed by atoms with Crippen LogP contribution in [0.2, 0.25) is 0 Å². The van der Waals surface area contributed by atoms with Crippen molar-refractivity contribution in [3.63, 3.8) is 0 Å². The Morgan fingerprint density at radius 3 is 2.53 bits per heavy atom. The summed E-state index contributed by atoms with van der Waals surface area (Å²) < 4.78 is 14.4. The number of piperazine rings is 1. The summed E-state index contributed by atoms with van der Waals surface area (Å²) in [6, 6.07) is 11.5. The van der Waals surface area contributed by atoms with E-state index in [9.17, 15) is 9.18 Å². The Balaban J connectivity index is 1.53. The van der Waals surface area contributed by atoms with Gasteiger partial charge in [-0.2, -0.15) is 0 Å². The SMILES string of the molecule is CN/C=C(\C=N)c1cc(F)cc([C@@H](C)NC(=O)c2cc(N3C[C@H]4CC[C@@H](C3)N4C)ccc2C)c1. The van der Waals surface area contributed by atoms with Gasteiger partial charge in [-0.3, -0.25) is 9.69 Å². The number of anilines is 1. The molecule has 2 bridgehead atoms. The molecule has 2 aromatic carbocycles. The number of benzene rings is 2. The fourth-order valence-corrected chi connectivity index (χ4v) is 5.13. The number of aryl methyl sites for hydroxylation is 1. The van der Waals surface area contributed by atoms with Gasteiger partial charge in [0.15, 0.2) is 0 Å². The number of hydrogen-bond donors (Lipinski definition) is 3. The quantitative estimate of drug-likeness (QED) is 0.541. The second kappa shape index (κ2) is 9.97. The van der Waals surface area contributed by atoms with E-state index < -0.39 is 11.9 Å². The number of hydrogen-bond acceptors (Lipinski definition) is 5. The van der Waals surface area contributed by atoms with Crippen molar-refractivity contribution in [1.29, 1.82) is 5.41 Å². The van der Waals surface area contributed by atoms with Crippen LogP contribution in [-0.4, -0.2) is 56.3 Å². The molecule has 0 spiro atoms. The zero-order valence-corrected chi connectivity index (χ0v) is 20.4. The summed E-state index contributed by atoms with van der Waals surface area (Å²) >= 11 is 0. The minimum absolute atomic E-state index is 0.173. The van der Waals surface area contributed by atoms with Crippen LogP contribution in [0.5, 0.6) is 0 Å². The molecule has 7 heteroatoms. The Kier molecular flexibility index (Phi) is 7.03. The van der Waals surface area contributed by atoms with Gasteiger partial charge in [0.1, 0.15) is 5.82 Å². The molecule has 6 nitrogen and oxygen atoms in total. The molecule has 2 aromatic rings. The molecule has 34 heavy (non-hydrogen) atoms. The molecule has 180 valence electrons. The number of nitrogens with zero attached hydrogens (tertiary/aromatic N) is 2. The van der Waals surface area contributed by atoms with E-state index in [1.54, 1.807) is 13.2 Å². The van der Waals surface area contributed by atoms with Gasteiger partial charge >= 0.3 is 0 Å². The largest absolute Gasteiger partial charge is 0.393 e. The van der Waals surface area contributed by atoms with Crippen LogP contribution in [0.4, 0.5) is 10.1 Å². The summed E-state index contributed by atoms with van der Waals surface area (Å²) in [4.78, 5) is 18.1. The highest BCUT2D eigenvalue weighted by molar-refractivity contribution is 6.08. The van der Waals surface area contributed by atoms with Gasteiger partial charge in [-0.25, -0.2) is 4.39 Å². The normalized spacial score (nSPS) is 21.3. The lowest BCUT2D eigenvalue weighted by atomic mass is 9.99. The number of nitrogens with one attached hydrogen (secondary N) is 3. The number of carbonyl (C=O) groups excluding carboxylic acids is 1. The molecule has 0 radical (unpaired) electrons. The van der Waals surface area contributed by atoms with Crippen LogP contribution in [0.3, 0.4) is 0 Å². The lowest BCUT2D eigenvalue weighted by molar-refractivity contribution is 0.0939. The van der Waals surface area contributed by atoms with Crippen molar-refractivity contribution in [2.45, 2.75) is 44.8 Å². The number of carbonyl (C=O) groups is 1. The predicted molar refractivity (Wildman–Crippen MR) is 136 cm³/mol. The van der Waals surface area contributed by atoms with E-state index in [-0.39, 0.29) is 5.91 Å². The van der Waals surface area contributed by atoms with Crippen molar-refractivity contribution in [3.8, 4) is 0 Å². The van der Waals surface area contributed by atoms with Crippen LogP contribution >= 0.6 is 0 Å². The molecular weight excluding hydrogens is 429 g/mol. The summed E-state index contributed by atoms with van der Waals surface area (Å²) in [5, 5.41) is 13.5. The van der Waals surface area contributed by atoms with Crippen LogP contribution < -0.4 is 15.5 Å². The molecule has 1 amide bonds. The van der Waals surface area contributed by atoms with Crippen molar-refractivity contribution in [1.82, 2.24) is 15.5 Å². The highest BCUT2D eigenvalue weighted by Gasteiger charge is 2.37. The van der Waals surface area contributed by atoms with Crippen molar-refractivity contribution < 1.29 is 9.18 Å². The van der Waals surface area contributed by atoms with Crippen LogP contribution in [0.15, 0.2) is 42.6 Å². The number of allylic oxidation sites excluding steroid dienone is 1. The Hall–Kier alpha value is -3.19. The molecule has 0 aromatic heterocycles. The van der Waals surface area contributed by atoms with Gasteiger partial charge in [-0.15, -0.1) is 0 Å². The molecule has 4 rings (SSSR count). The smallest absolute Gasteiger partial charge is 0.252 e. The van der Waals surface area contributed by atoms with E-state index in [0.29, 0.717) is 34.3 Å². The molecule has 3 atom stereocenters. The molecule has 2 fully saturated rings. The second-order valence-electron chi connectivity index (χ2n) is 9.46. The van der Waals surface area contributed by atoms with E-state index in [0.717, 1.165) is 24.3 Å². The highest BCUT2D eigenvalue weighted by Crippen LogP contribution is 2.32. The average molecular weight is 464 g/mol. The number of likely N-dealkylation sites (N-methyl/N-ethyl adjacent to an activating group) is 1. The second-order valence-corrected chi connectivity index (χ2v) is 9.46. The third-order valence-corrected chi connectivity index (χ3v) is 7.23. The molecule has 0 aliphatic carbocycles. The molecule has 0 unspecified atom stereocenters. The van der Waals surface area contributed by atoms with Gasteiger partial charge in [0.05, 0.1) is 6.04 Å². The molecule has 2 aliphatic heterocycles. The number of rotatable bonds is 7. The topological polar surface area (TPSA) is 71.5 Å². The zero-order valence-electron chi connectivity index (χ0n) is 20.4. The summed E-state index contributed by atoms with van der Waals surface area (Å²) in [5.74, 6) is -0.576. The maximum atomic E-state index is 14.4. The lowest BCUT2D eigenvalue weighted by Gasteiger charge is -2.40. The van der Waals surface area contributed by atoms with Crippen molar-refractivity contribution in [2.24, 2.45) is 0 Å². The average Bonchev–Trinajstić information content (AvgIpc) is 3.02. The Labute approximate surface area is 201 Å². The maximum absolute atomic E-state index is 14.4. The van der Waals surface area contributed by atoms with Gasteiger partial charge < -0.3 is 20.9 Å². The standard InChI is InChI=1S/C27H34FN5O/c1-17-5-6-23(33-15-24-7-8-25(16-33)32(24)4)12-26(17)27(34)31-18(2)19-9-20(11-22(28)10-19)21(13-29)14-30-3/h5-6,9-14,18,24-25,29-30H,7-8,15-16H2,1-4H3,(H,31,34)/b21-14+,29-13?/t18-,24-,25+/m1/s1. The predicted octanol–water partition coefficient (Wildman–Crippen LogP) is 4.12. The first-order valence-corrected chi connectivity index (χ1v) is 11.9. The Morgan fingerprint density at radius 2 is 1.88 bits per heavy atom. The molecule has 0 saturated carbocycles. The Morgan fingerprint density at radius 1 is 1.18 bits per heavy atom.